The van der Waals surface area contributed by atoms with Crippen LogP contribution in [0.15, 0.2) is 23.1 Å². The third-order valence-electron chi connectivity index (χ3n) is 2.87. The number of hydrogen-bond donors (Lipinski definition) is 2. The second-order valence-electron chi connectivity index (χ2n) is 4.22. The molecular formula is C12H19ClN2O3S. The summed E-state index contributed by atoms with van der Waals surface area (Å²) >= 11 is 0. The molecule has 0 unspecified atom stereocenters. The summed E-state index contributed by atoms with van der Waals surface area (Å²) < 4.78 is 32.0. The van der Waals surface area contributed by atoms with Crippen molar-refractivity contribution in [1.82, 2.24) is 10.0 Å². The van der Waals surface area contributed by atoms with E-state index in [-0.39, 0.29) is 12.4 Å². The molecule has 0 amide bonds. The highest BCUT2D eigenvalue weighted by molar-refractivity contribution is 7.89. The summed E-state index contributed by atoms with van der Waals surface area (Å²) in [6.45, 7) is 1.87. The van der Waals surface area contributed by atoms with Crippen molar-refractivity contribution in [2.75, 3.05) is 26.7 Å². The van der Waals surface area contributed by atoms with E-state index < -0.39 is 10.0 Å². The maximum atomic E-state index is 12.0. The van der Waals surface area contributed by atoms with Gasteiger partial charge in [-0.1, -0.05) is 0 Å². The summed E-state index contributed by atoms with van der Waals surface area (Å²) in [6.07, 6.45) is 1.54. The monoisotopic (exact) mass is 306 g/mol. The van der Waals surface area contributed by atoms with Gasteiger partial charge < -0.3 is 10.1 Å². The van der Waals surface area contributed by atoms with Crippen LogP contribution in [0.1, 0.15) is 12.0 Å². The minimum atomic E-state index is -3.40. The van der Waals surface area contributed by atoms with Crippen LogP contribution in [-0.4, -0.2) is 35.2 Å². The Labute approximate surface area is 120 Å². The lowest BCUT2D eigenvalue weighted by molar-refractivity contribution is 0.356. The van der Waals surface area contributed by atoms with Crippen LogP contribution in [-0.2, 0) is 16.4 Å². The number of sulfonamides is 1. The Morgan fingerprint density at radius 3 is 2.84 bits per heavy atom. The maximum absolute atomic E-state index is 12.0. The zero-order valence-corrected chi connectivity index (χ0v) is 12.4. The minimum absolute atomic E-state index is 0. The Bertz CT molecular complexity index is 520. The predicted octanol–water partition coefficient (Wildman–Crippen LogP) is 0.931. The van der Waals surface area contributed by atoms with Crippen molar-refractivity contribution < 1.29 is 13.2 Å². The number of ether oxygens (including phenoxy) is 1. The molecule has 0 saturated carbocycles. The molecular weight excluding hydrogens is 288 g/mol. The zero-order chi connectivity index (χ0) is 13.0. The SMILES string of the molecule is CNCCCNS(=O)(=O)c1ccc2c(c1)CCO2.Cl. The summed E-state index contributed by atoms with van der Waals surface area (Å²) in [5.74, 6) is 0.795. The first-order valence-electron chi connectivity index (χ1n) is 6.03. The van der Waals surface area contributed by atoms with E-state index in [0.29, 0.717) is 18.0 Å². The fourth-order valence-electron chi connectivity index (χ4n) is 1.89. The zero-order valence-electron chi connectivity index (χ0n) is 10.8. The van der Waals surface area contributed by atoms with Crippen LogP contribution in [0.3, 0.4) is 0 Å². The number of halogens is 1. The molecule has 0 aromatic heterocycles. The average Bonchev–Trinajstić information content (AvgIpc) is 2.82. The maximum Gasteiger partial charge on any atom is 0.240 e. The van der Waals surface area contributed by atoms with Crippen molar-refractivity contribution in [3.8, 4) is 5.75 Å². The van der Waals surface area contributed by atoms with E-state index in [1.54, 1.807) is 18.2 Å². The first kappa shape index (κ1) is 16.2. The molecule has 1 aromatic rings. The Morgan fingerprint density at radius 2 is 2.11 bits per heavy atom. The number of hydrogen-bond acceptors (Lipinski definition) is 4. The van der Waals surface area contributed by atoms with Crippen molar-refractivity contribution >= 4 is 22.4 Å². The average molecular weight is 307 g/mol. The minimum Gasteiger partial charge on any atom is -0.493 e. The van der Waals surface area contributed by atoms with Crippen molar-refractivity contribution in [3.63, 3.8) is 0 Å². The lowest BCUT2D eigenvalue weighted by atomic mass is 10.2. The van der Waals surface area contributed by atoms with Gasteiger partial charge in [-0.05, 0) is 43.8 Å². The number of benzene rings is 1. The molecule has 0 fully saturated rings. The number of fused-ring (bicyclic) bond motifs is 1. The van der Waals surface area contributed by atoms with E-state index in [9.17, 15) is 8.42 Å². The van der Waals surface area contributed by atoms with Crippen molar-refractivity contribution in [2.24, 2.45) is 0 Å². The van der Waals surface area contributed by atoms with Crippen molar-refractivity contribution in [2.45, 2.75) is 17.7 Å². The lowest BCUT2D eigenvalue weighted by Crippen LogP contribution is -2.26. The Balaban J connectivity index is 0.00000180. The molecule has 1 heterocycles. The van der Waals surface area contributed by atoms with Crippen LogP contribution < -0.4 is 14.8 Å². The highest BCUT2D eigenvalue weighted by Gasteiger charge is 2.18. The van der Waals surface area contributed by atoms with Crippen molar-refractivity contribution in [3.05, 3.63) is 23.8 Å². The largest absolute Gasteiger partial charge is 0.493 e. The van der Waals surface area contributed by atoms with Gasteiger partial charge in [0.25, 0.3) is 0 Å². The first-order valence-corrected chi connectivity index (χ1v) is 7.52. The second kappa shape index (κ2) is 7.09. The van der Waals surface area contributed by atoms with Gasteiger partial charge in [0.1, 0.15) is 5.75 Å². The fraction of sp³-hybridized carbons (Fsp3) is 0.500. The topological polar surface area (TPSA) is 67.4 Å². The molecule has 2 rings (SSSR count). The van der Waals surface area contributed by atoms with Gasteiger partial charge in [0.15, 0.2) is 0 Å². The Hall–Kier alpha value is -0.820. The van der Waals surface area contributed by atoms with Gasteiger partial charge in [0, 0.05) is 13.0 Å². The highest BCUT2D eigenvalue weighted by atomic mass is 35.5. The molecule has 1 aliphatic heterocycles. The second-order valence-corrected chi connectivity index (χ2v) is 5.99. The summed E-state index contributed by atoms with van der Waals surface area (Å²) in [5.41, 5.74) is 0.966. The molecule has 108 valence electrons. The van der Waals surface area contributed by atoms with E-state index in [1.165, 1.54) is 0 Å². The number of nitrogens with one attached hydrogen (secondary N) is 2. The summed E-state index contributed by atoms with van der Waals surface area (Å²) in [6, 6.07) is 5.01. The predicted molar refractivity (Wildman–Crippen MR) is 76.6 cm³/mol. The molecule has 0 spiro atoms. The smallest absolute Gasteiger partial charge is 0.240 e. The third-order valence-corrected chi connectivity index (χ3v) is 4.33. The van der Waals surface area contributed by atoms with E-state index in [0.717, 1.165) is 30.7 Å². The van der Waals surface area contributed by atoms with Gasteiger partial charge in [-0.25, -0.2) is 13.1 Å². The van der Waals surface area contributed by atoms with Crippen LogP contribution in [0.25, 0.3) is 0 Å². The third kappa shape index (κ3) is 4.07. The molecule has 2 N–H and O–H groups in total. The normalized spacial score (nSPS) is 13.5. The van der Waals surface area contributed by atoms with E-state index in [2.05, 4.69) is 10.0 Å². The van der Waals surface area contributed by atoms with E-state index in [1.807, 2.05) is 7.05 Å². The molecule has 5 nitrogen and oxygen atoms in total. The van der Waals surface area contributed by atoms with Crippen molar-refractivity contribution in [1.29, 1.82) is 0 Å². The van der Waals surface area contributed by atoms with Crippen LogP contribution in [0.4, 0.5) is 0 Å². The molecule has 0 atom stereocenters. The Morgan fingerprint density at radius 1 is 1.32 bits per heavy atom. The molecule has 0 radical (unpaired) electrons. The van der Waals surface area contributed by atoms with Crippen LogP contribution in [0.5, 0.6) is 5.75 Å². The van der Waals surface area contributed by atoms with Gasteiger partial charge in [0.05, 0.1) is 11.5 Å². The molecule has 1 aliphatic rings. The molecule has 19 heavy (non-hydrogen) atoms. The fourth-order valence-corrected chi connectivity index (χ4v) is 3.01. The van der Waals surface area contributed by atoms with Crippen LogP contribution >= 0.6 is 12.4 Å². The van der Waals surface area contributed by atoms with E-state index in [4.69, 9.17) is 4.74 Å². The Kier molecular flexibility index (Phi) is 6.06. The summed E-state index contributed by atoms with van der Waals surface area (Å²) in [4.78, 5) is 0.316. The molecule has 7 heteroatoms. The summed E-state index contributed by atoms with van der Waals surface area (Å²) in [5, 5.41) is 2.98. The molecule has 0 saturated heterocycles. The van der Waals surface area contributed by atoms with Gasteiger partial charge in [-0.2, -0.15) is 0 Å². The molecule has 0 aliphatic carbocycles. The van der Waals surface area contributed by atoms with Gasteiger partial charge in [0.2, 0.25) is 10.0 Å². The molecule has 1 aromatic carbocycles. The van der Waals surface area contributed by atoms with Gasteiger partial charge in [-0.15, -0.1) is 12.4 Å². The summed E-state index contributed by atoms with van der Waals surface area (Å²) in [7, 11) is -1.55. The van der Waals surface area contributed by atoms with Gasteiger partial charge >= 0.3 is 0 Å². The first-order chi connectivity index (χ1) is 8.63. The van der Waals surface area contributed by atoms with E-state index >= 15 is 0 Å². The van der Waals surface area contributed by atoms with Crippen LogP contribution in [0.2, 0.25) is 0 Å². The van der Waals surface area contributed by atoms with Gasteiger partial charge in [-0.3, -0.25) is 0 Å². The lowest BCUT2D eigenvalue weighted by Gasteiger charge is -2.07. The molecule has 0 bridgehead atoms. The standard InChI is InChI=1S/C12H18N2O3S.ClH/c1-13-6-2-7-14-18(15,16)11-3-4-12-10(9-11)5-8-17-12;/h3-4,9,13-14H,2,5-8H2,1H3;1H. The quantitative estimate of drug-likeness (QED) is 0.767. The number of rotatable bonds is 6. The van der Waals surface area contributed by atoms with Crippen LogP contribution in [0, 0.1) is 0 Å². The highest BCUT2D eigenvalue weighted by Crippen LogP contribution is 2.27.